The molecular weight excluding hydrogens is 264 g/mol. The average molecular weight is 296 g/mol. The van der Waals surface area contributed by atoms with Crippen LogP contribution in [0.4, 0.5) is 0 Å². The Bertz CT molecular complexity index is 315. The Morgan fingerprint density at radius 3 is 2.62 bits per heavy atom. The summed E-state index contributed by atoms with van der Waals surface area (Å²) in [6.45, 7) is 5.63. The molecule has 1 aliphatic carbocycles. The van der Waals surface area contributed by atoms with E-state index in [0.29, 0.717) is 0 Å². The first-order chi connectivity index (χ1) is 10.2. The molecule has 1 atom stereocenters. The molecular formula is C17H32N2O2. The fraction of sp³-hybridized carbons (Fsp3) is 0.941. The monoisotopic (exact) mass is 296 g/mol. The van der Waals surface area contributed by atoms with Crippen LogP contribution in [0.25, 0.3) is 0 Å². The molecule has 0 spiro atoms. The van der Waals surface area contributed by atoms with Gasteiger partial charge in [-0.3, -0.25) is 4.79 Å². The third-order valence-corrected chi connectivity index (χ3v) is 5.36. The molecule has 1 unspecified atom stereocenters. The van der Waals surface area contributed by atoms with Gasteiger partial charge in [-0.15, -0.1) is 0 Å². The first-order valence-electron chi connectivity index (χ1n) is 8.62. The average Bonchev–Trinajstić information content (AvgIpc) is 2.99. The van der Waals surface area contributed by atoms with Gasteiger partial charge < -0.3 is 15.4 Å². The minimum absolute atomic E-state index is 0.128. The van der Waals surface area contributed by atoms with E-state index in [2.05, 4.69) is 17.6 Å². The molecule has 2 fully saturated rings. The lowest BCUT2D eigenvalue weighted by atomic mass is 9.79. The van der Waals surface area contributed by atoms with E-state index >= 15 is 0 Å². The van der Waals surface area contributed by atoms with Crippen molar-refractivity contribution >= 4 is 5.91 Å². The molecule has 4 heteroatoms. The molecule has 21 heavy (non-hydrogen) atoms. The van der Waals surface area contributed by atoms with E-state index in [-0.39, 0.29) is 17.2 Å². The van der Waals surface area contributed by atoms with Crippen LogP contribution >= 0.6 is 0 Å². The van der Waals surface area contributed by atoms with Crippen LogP contribution in [0.3, 0.4) is 0 Å². The van der Waals surface area contributed by atoms with Gasteiger partial charge in [0.15, 0.2) is 0 Å². The topological polar surface area (TPSA) is 50.4 Å². The first-order valence-corrected chi connectivity index (χ1v) is 8.62. The van der Waals surface area contributed by atoms with Crippen molar-refractivity contribution in [3.8, 4) is 0 Å². The van der Waals surface area contributed by atoms with Gasteiger partial charge >= 0.3 is 0 Å². The Kier molecular flexibility index (Phi) is 6.49. The third kappa shape index (κ3) is 4.96. The lowest BCUT2D eigenvalue weighted by Gasteiger charge is -2.37. The van der Waals surface area contributed by atoms with Crippen LogP contribution in [0.1, 0.15) is 51.9 Å². The number of ether oxygens (including phenoxy) is 1. The van der Waals surface area contributed by atoms with Crippen molar-refractivity contribution < 1.29 is 9.53 Å². The molecule has 1 saturated heterocycles. The van der Waals surface area contributed by atoms with Gasteiger partial charge in [0, 0.05) is 25.0 Å². The number of rotatable bonds is 7. The van der Waals surface area contributed by atoms with Gasteiger partial charge in [0.05, 0.1) is 6.61 Å². The van der Waals surface area contributed by atoms with E-state index in [1.807, 2.05) is 0 Å². The van der Waals surface area contributed by atoms with Gasteiger partial charge in [-0.1, -0.05) is 32.6 Å². The maximum absolute atomic E-state index is 12.4. The minimum atomic E-state index is 0.128. The van der Waals surface area contributed by atoms with E-state index in [4.69, 9.17) is 4.74 Å². The molecule has 4 nitrogen and oxygen atoms in total. The molecule has 1 amide bonds. The van der Waals surface area contributed by atoms with Crippen molar-refractivity contribution in [2.45, 2.75) is 51.9 Å². The Labute approximate surface area is 129 Å². The lowest BCUT2D eigenvalue weighted by molar-refractivity contribution is -0.125. The zero-order valence-corrected chi connectivity index (χ0v) is 13.7. The van der Waals surface area contributed by atoms with Crippen LogP contribution in [0.2, 0.25) is 0 Å². The number of piperidine rings is 1. The van der Waals surface area contributed by atoms with Crippen LogP contribution in [-0.2, 0) is 9.53 Å². The summed E-state index contributed by atoms with van der Waals surface area (Å²) >= 11 is 0. The fourth-order valence-electron chi connectivity index (χ4n) is 3.94. The number of carbonyl (C=O) groups excluding carboxylic acids is 1. The smallest absolute Gasteiger partial charge is 0.222 e. The summed E-state index contributed by atoms with van der Waals surface area (Å²) in [5, 5.41) is 6.59. The highest BCUT2D eigenvalue weighted by Crippen LogP contribution is 2.31. The molecule has 0 aromatic carbocycles. The molecule has 0 aromatic rings. The van der Waals surface area contributed by atoms with Crippen molar-refractivity contribution in [3.63, 3.8) is 0 Å². The van der Waals surface area contributed by atoms with Crippen LogP contribution in [0.15, 0.2) is 0 Å². The summed E-state index contributed by atoms with van der Waals surface area (Å²) in [4.78, 5) is 12.4. The quantitative estimate of drug-likeness (QED) is 0.758. The van der Waals surface area contributed by atoms with Gasteiger partial charge in [0.1, 0.15) is 0 Å². The van der Waals surface area contributed by atoms with Crippen LogP contribution in [-0.4, -0.2) is 39.3 Å². The predicted molar refractivity (Wildman–Crippen MR) is 85.2 cm³/mol. The molecule has 2 rings (SSSR count). The van der Waals surface area contributed by atoms with Gasteiger partial charge in [-0.2, -0.15) is 0 Å². The van der Waals surface area contributed by atoms with E-state index < -0.39 is 0 Å². The van der Waals surface area contributed by atoms with Gasteiger partial charge in [-0.25, -0.2) is 0 Å². The Morgan fingerprint density at radius 1 is 1.33 bits per heavy atom. The van der Waals surface area contributed by atoms with Crippen molar-refractivity contribution in [3.05, 3.63) is 0 Å². The molecule has 0 aromatic heterocycles. The van der Waals surface area contributed by atoms with Crippen LogP contribution < -0.4 is 10.6 Å². The second-order valence-electron chi connectivity index (χ2n) is 7.19. The first kappa shape index (κ1) is 16.8. The molecule has 1 heterocycles. The van der Waals surface area contributed by atoms with Gasteiger partial charge in [0.25, 0.3) is 0 Å². The van der Waals surface area contributed by atoms with Crippen molar-refractivity contribution in [1.82, 2.24) is 10.6 Å². The molecule has 2 N–H and O–H groups in total. The minimum Gasteiger partial charge on any atom is -0.384 e. The second-order valence-corrected chi connectivity index (χ2v) is 7.19. The van der Waals surface area contributed by atoms with Crippen LogP contribution in [0, 0.1) is 17.3 Å². The number of nitrogens with one attached hydrogen (secondary N) is 2. The molecule has 122 valence electrons. The SMILES string of the molecule is COCC1(CNC(=O)C(C)CC2CCCC2)CCNCC1. The number of carbonyl (C=O) groups is 1. The zero-order chi connectivity index (χ0) is 15.1. The largest absolute Gasteiger partial charge is 0.384 e. The van der Waals surface area contributed by atoms with E-state index in [9.17, 15) is 4.79 Å². The van der Waals surface area contributed by atoms with E-state index in [1.165, 1.54) is 25.7 Å². The van der Waals surface area contributed by atoms with E-state index in [0.717, 1.165) is 51.4 Å². The summed E-state index contributed by atoms with van der Waals surface area (Å²) in [5.41, 5.74) is 0.128. The zero-order valence-electron chi connectivity index (χ0n) is 13.7. The summed E-state index contributed by atoms with van der Waals surface area (Å²) in [5.74, 6) is 1.16. The van der Waals surface area contributed by atoms with Crippen molar-refractivity contribution in [2.75, 3.05) is 33.4 Å². The highest BCUT2D eigenvalue weighted by atomic mass is 16.5. The molecule has 0 radical (unpaired) electrons. The lowest BCUT2D eigenvalue weighted by Crippen LogP contribution is -2.48. The highest BCUT2D eigenvalue weighted by molar-refractivity contribution is 5.78. The number of hydrogen-bond donors (Lipinski definition) is 2. The summed E-state index contributed by atoms with van der Waals surface area (Å²) in [7, 11) is 1.76. The molecule has 1 aliphatic heterocycles. The number of hydrogen-bond acceptors (Lipinski definition) is 3. The highest BCUT2D eigenvalue weighted by Gasteiger charge is 2.33. The second kappa shape index (κ2) is 8.14. The Hall–Kier alpha value is -0.610. The van der Waals surface area contributed by atoms with Gasteiger partial charge in [0.2, 0.25) is 5.91 Å². The van der Waals surface area contributed by atoms with Crippen LogP contribution in [0.5, 0.6) is 0 Å². The summed E-state index contributed by atoms with van der Waals surface area (Å²) in [6.07, 6.45) is 8.56. The van der Waals surface area contributed by atoms with Gasteiger partial charge in [-0.05, 0) is 38.3 Å². The molecule has 0 bridgehead atoms. The Balaban J connectivity index is 1.77. The maximum Gasteiger partial charge on any atom is 0.222 e. The summed E-state index contributed by atoms with van der Waals surface area (Å²) in [6, 6.07) is 0. The van der Waals surface area contributed by atoms with Crippen molar-refractivity contribution in [2.24, 2.45) is 17.3 Å². The molecule has 1 saturated carbocycles. The standard InChI is InChI=1S/C17H32N2O2/c1-14(11-15-5-3-4-6-15)16(20)19-12-17(13-21-2)7-9-18-10-8-17/h14-15,18H,3-13H2,1-2H3,(H,19,20). The predicted octanol–water partition coefficient (Wildman–Crippen LogP) is 2.34. The van der Waals surface area contributed by atoms with Crippen molar-refractivity contribution in [1.29, 1.82) is 0 Å². The molecule has 2 aliphatic rings. The number of methoxy groups -OCH3 is 1. The van der Waals surface area contributed by atoms with E-state index in [1.54, 1.807) is 7.11 Å². The summed E-state index contributed by atoms with van der Waals surface area (Å²) < 4.78 is 5.41. The normalized spacial score (nSPS) is 23.9. The Morgan fingerprint density at radius 2 is 2.00 bits per heavy atom. The maximum atomic E-state index is 12.4. The third-order valence-electron chi connectivity index (χ3n) is 5.36. The number of amides is 1. The fourth-order valence-corrected chi connectivity index (χ4v) is 3.94.